The predicted molar refractivity (Wildman–Crippen MR) is 81.6 cm³/mol. The van der Waals surface area contributed by atoms with E-state index in [1.165, 1.54) is 0 Å². The number of rotatable bonds is 5. The highest BCUT2D eigenvalue weighted by Gasteiger charge is 2.33. The molecule has 0 radical (unpaired) electrons. The van der Waals surface area contributed by atoms with Crippen LogP contribution in [0.4, 0.5) is 0 Å². The highest BCUT2D eigenvalue weighted by Crippen LogP contribution is 2.29. The van der Waals surface area contributed by atoms with Crippen molar-refractivity contribution in [2.45, 2.75) is 32.2 Å². The van der Waals surface area contributed by atoms with E-state index in [4.69, 9.17) is 29.6 Å². The van der Waals surface area contributed by atoms with Crippen molar-refractivity contribution < 1.29 is 4.79 Å². The molecule has 0 spiro atoms. The van der Waals surface area contributed by atoms with Gasteiger partial charge < -0.3 is 10.6 Å². The summed E-state index contributed by atoms with van der Waals surface area (Å²) >= 11 is 10.8. The SMILES string of the molecule is Cc1cc(Cl)ccc1C(=O)N(CCC(N)=S)C1CC1. The molecule has 2 N–H and O–H groups in total. The van der Waals surface area contributed by atoms with E-state index in [-0.39, 0.29) is 5.91 Å². The largest absolute Gasteiger partial charge is 0.393 e. The number of aryl methyl sites for hydroxylation is 1. The lowest BCUT2D eigenvalue weighted by atomic mass is 10.1. The summed E-state index contributed by atoms with van der Waals surface area (Å²) in [6.45, 7) is 2.50. The number of halogens is 1. The van der Waals surface area contributed by atoms with Crippen LogP contribution in [0.15, 0.2) is 18.2 Å². The van der Waals surface area contributed by atoms with Crippen LogP contribution in [-0.2, 0) is 0 Å². The second kappa shape index (κ2) is 5.88. The van der Waals surface area contributed by atoms with Crippen LogP contribution in [0.5, 0.6) is 0 Å². The van der Waals surface area contributed by atoms with E-state index in [1.807, 2.05) is 17.9 Å². The lowest BCUT2D eigenvalue weighted by Gasteiger charge is -2.23. The molecule has 3 nitrogen and oxygen atoms in total. The van der Waals surface area contributed by atoms with Gasteiger partial charge in [0.25, 0.3) is 5.91 Å². The van der Waals surface area contributed by atoms with Gasteiger partial charge in [0.05, 0.1) is 4.99 Å². The van der Waals surface area contributed by atoms with Crippen LogP contribution in [0.3, 0.4) is 0 Å². The average Bonchev–Trinajstić information content (AvgIpc) is 3.13. The third-order valence-corrected chi connectivity index (χ3v) is 3.71. The van der Waals surface area contributed by atoms with Crippen molar-refractivity contribution in [1.82, 2.24) is 4.90 Å². The standard InChI is InChI=1S/C14H17ClN2OS/c1-9-8-10(15)2-5-12(9)14(18)17(11-3-4-11)7-6-13(16)19/h2,5,8,11H,3-4,6-7H2,1H3,(H2,16,19). The molecule has 1 aliphatic carbocycles. The number of thiocarbonyl (C=S) groups is 1. The lowest BCUT2D eigenvalue weighted by Crippen LogP contribution is -2.36. The molecule has 0 saturated heterocycles. The molecular weight excluding hydrogens is 280 g/mol. The maximum Gasteiger partial charge on any atom is 0.254 e. The van der Waals surface area contributed by atoms with E-state index >= 15 is 0 Å². The Morgan fingerprint density at radius 2 is 2.21 bits per heavy atom. The minimum Gasteiger partial charge on any atom is -0.393 e. The number of nitrogens with zero attached hydrogens (tertiary/aromatic N) is 1. The fourth-order valence-electron chi connectivity index (χ4n) is 2.09. The highest BCUT2D eigenvalue weighted by molar-refractivity contribution is 7.80. The topological polar surface area (TPSA) is 46.3 Å². The quantitative estimate of drug-likeness (QED) is 0.850. The van der Waals surface area contributed by atoms with Crippen molar-refractivity contribution in [3.05, 3.63) is 34.3 Å². The number of carbonyl (C=O) groups excluding carboxylic acids is 1. The minimum absolute atomic E-state index is 0.0490. The Labute approximate surface area is 123 Å². The summed E-state index contributed by atoms with van der Waals surface area (Å²) in [5, 5.41) is 0.648. The van der Waals surface area contributed by atoms with Gasteiger partial charge in [0.2, 0.25) is 0 Å². The van der Waals surface area contributed by atoms with Crippen LogP contribution in [0.25, 0.3) is 0 Å². The van der Waals surface area contributed by atoms with Crippen molar-refractivity contribution in [3.63, 3.8) is 0 Å². The summed E-state index contributed by atoms with van der Waals surface area (Å²) in [4.78, 5) is 14.9. The molecule has 0 unspecified atom stereocenters. The van der Waals surface area contributed by atoms with E-state index in [0.717, 1.165) is 18.4 Å². The number of hydrogen-bond acceptors (Lipinski definition) is 2. The molecule has 0 atom stereocenters. The molecular formula is C14H17ClN2OS. The first-order chi connectivity index (χ1) is 8.99. The molecule has 0 heterocycles. The highest BCUT2D eigenvalue weighted by atomic mass is 35.5. The van der Waals surface area contributed by atoms with Gasteiger partial charge in [0.1, 0.15) is 0 Å². The normalized spacial score (nSPS) is 14.2. The molecule has 19 heavy (non-hydrogen) atoms. The fraction of sp³-hybridized carbons (Fsp3) is 0.429. The van der Waals surface area contributed by atoms with E-state index in [1.54, 1.807) is 12.1 Å². The number of benzene rings is 1. The molecule has 1 saturated carbocycles. The van der Waals surface area contributed by atoms with Gasteiger partial charge in [-0.1, -0.05) is 23.8 Å². The third kappa shape index (κ3) is 3.67. The van der Waals surface area contributed by atoms with E-state index in [0.29, 0.717) is 34.6 Å². The smallest absolute Gasteiger partial charge is 0.254 e. The summed E-state index contributed by atoms with van der Waals surface area (Å²) in [5.41, 5.74) is 7.13. The molecule has 1 amide bonds. The van der Waals surface area contributed by atoms with E-state index < -0.39 is 0 Å². The molecule has 0 bridgehead atoms. The fourth-order valence-corrected chi connectivity index (χ4v) is 2.41. The Bertz CT molecular complexity index is 514. The predicted octanol–water partition coefficient (Wildman–Crippen LogP) is 2.93. The van der Waals surface area contributed by atoms with Gasteiger partial charge >= 0.3 is 0 Å². The summed E-state index contributed by atoms with van der Waals surface area (Å²) in [6.07, 6.45) is 2.70. The Morgan fingerprint density at radius 3 is 2.74 bits per heavy atom. The van der Waals surface area contributed by atoms with Crippen molar-refractivity contribution in [2.75, 3.05) is 6.54 Å². The van der Waals surface area contributed by atoms with Crippen molar-refractivity contribution >= 4 is 34.7 Å². The first-order valence-electron chi connectivity index (χ1n) is 6.34. The van der Waals surface area contributed by atoms with Crippen LogP contribution in [0, 0.1) is 6.92 Å². The molecule has 1 aliphatic rings. The third-order valence-electron chi connectivity index (χ3n) is 3.27. The first kappa shape index (κ1) is 14.3. The summed E-state index contributed by atoms with van der Waals surface area (Å²) in [5.74, 6) is 0.0490. The molecule has 1 fully saturated rings. The molecule has 2 rings (SSSR count). The second-order valence-electron chi connectivity index (χ2n) is 4.91. The minimum atomic E-state index is 0.0490. The van der Waals surface area contributed by atoms with Crippen LogP contribution < -0.4 is 5.73 Å². The number of carbonyl (C=O) groups is 1. The van der Waals surface area contributed by atoms with E-state index in [9.17, 15) is 4.79 Å². The Kier molecular flexibility index (Phi) is 4.42. The molecule has 1 aromatic carbocycles. The van der Waals surface area contributed by atoms with Gasteiger partial charge in [-0.2, -0.15) is 0 Å². The molecule has 1 aromatic rings. The van der Waals surface area contributed by atoms with Crippen LogP contribution in [0.2, 0.25) is 5.02 Å². The van der Waals surface area contributed by atoms with Crippen LogP contribution in [0.1, 0.15) is 35.2 Å². The zero-order valence-corrected chi connectivity index (χ0v) is 12.4. The Balaban J connectivity index is 2.16. The van der Waals surface area contributed by atoms with Gasteiger partial charge in [-0.15, -0.1) is 0 Å². The zero-order valence-electron chi connectivity index (χ0n) is 10.9. The van der Waals surface area contributed by atoms with Gasteiger partial charge in [0, 0.05) is 29.6 Å². The molecule has 5 heteroatoms. The first-order valence-corrected chi connectivity index (χ1v) is 7.13. The molecule has 0 aromatic heterocycles. The average molecular weight is 297 g/mol. The Hall–Kier alpha value is -1.13. The van der Waals surface area contributed by atoms with Crippen LogP contribution in [-0.4, -0.2) is 28.4 Å². The Morgan fingerprint density at radius 1 is 1.53 bits per heavy atom. The number of amides is 1. The summed E-state index contributed by atoms with van der Waals surface area (Å²) < 4.78 is 0. The second-order valence-corrected chi connectivity index (χ2v) is 5.87. The maximum atomic E-state index is 12.6. The van der Waals surface area contributed by atoms with Gasteiger partial charge in [0.15, 0.2) is 0 Å². The van der Waals surface area contributed by atoms with Crippen LogP contribution >= 0.6 is 23.8 Å². The van der Waals surface area contributed by atoms with Crippen molar-refractivity contribution in [2.24, 2.45) is 5.73 Å². The lowest BCUT2D eigenvalue weighted by molar-refractivity contribution is 0.0747. The van der Waals surface area contributed by atoms with E-state index in [2.05, 4.69) is 0 Å². The number of hydrogen-bond donors (Lipinski definition) is 1. The summed E-state index contributed by atoms with van der Waals surface area (Å²) in [7, 11) is 0. The number of nitrogens with two attached hydrogens (primary N) is 1. The molecule has 0 aliphatic heterocycles. The zero-order chi connectivity index (χ0) is 14.0. The molecule has 102 valence electrons. The van der Waals surface area contributed by atoms with Gasteiger partial charge in [-0.25, -0.2) is 0 Å². The van der Waals surface area contributed by atoms with Crippen molar-refractivity contribution in [1.29, 1.82) is 0 Å². The van der Waals surface area contributed by atoms with Crippen molar-refractivity contribution in [3.8, 4) is 0 Å². The maximum absolute atomic E-state index is 12.6. The van der Waals surface area contributed by atoms with Gasteiger partial charge in [-0.05, 0) is 43.5 Å². The monoisotopic (exact) mass is 296 g/mol. The van der Waals surface area contributed by atoms with Gasteiger partial charge in [-0.3, -0.25) is 4.79 Å². The summed E-state index contributed by atoms with van der Waals surface area (Å²) in [6, 6.07) is 5.70.